The number of hydrogen-bond donors (Lipinski definition) is 6. The zero-order valence-electron chi connectivity index (χ0n) is 9.17. The normalized spacial score (nSPS) is 9.71. The number of aliphatic hydroxyl groups is 1. The van der Waals surface area contributed by atoms with Crippen LogP contribution < -0.4 is 22.9 Å². The predicted octanol–water partition coefficient (Wildman–Crippen LogP) is -1.39. The molecule has 9 heteroatoms. The highest BCUT2D eigenvalue weighted by Gasteiger charge is 2.00. The summed E-state index contributed by atoms with van der Waals surface area (Å²) in [5.41, 5.74) is 22.2. The minimum Gasteiger partial charge on any atom is -0.394 e. The molecule has 0 unspecified atom stereocenters. The fraction of sp³-hybridized carbons (Fsp3) is 0.250. The number of H-pyrrole nitrogens is 1. The van der Waals surface area contributed by atoms with Crippen LogP contribution in [0.15, 0.2) is 12.4 Å². The van der Waals surface area contributed by atoms with Crippen LogP contribution >= 0.6 is 0 Å². The molecule has 0 saturated carbocycles. The van der Waals surface area contributed by atoms with Gasteiger partial charge in [0, 0.05) is 0 Å². The summed E-state index contributed by atoms with van der Waals surface area (Å²) in [5.74, 6) is 0.842. The second kappa shape index (κ2) is 5.61. The van der Waals surface area contributed by atoms with Crippen molar-refractivity contribution in [1.82, 2.24) is 20.0 Å². The summed E-state index contributed by atoms with van der Waals surface area (Å²) in [4.78, 5) is 0. The van der Waals surface area contributed by atoms with Gasteiger partial charge in [-0.1, -0.05) is 0 Å². The molecule has 0 saturated heterocycles. The summed E-state index contributed by atoms with van der Waals surface area (Å²) in [7, 11) is 0. The zero-order valence-corrected chi connectivity index (χ0v) is 9.17. The summed E-state index contributed by atoms with van der Waals surface area (Å²) in [6.45, 7) is 0.411. The molecule has 0 aliphatic rings. The first-order valence-electron chi connectivity index (χ1n) is 4.78. The Morgan fingerprint density at radius 3 is 2.18 bits per heavy atom. The molecular formula is C8H16N8O. The van der Waals surface area contributed by atoms with E-state index in [-0.39, 0.29) is 6.61 Å². The molecule has 0 atom stereocenters. The highest BCUT2D eigenvalue weighted by Crippen LogP contribution is 2.11. The molecule has 0 spiro atoms. The molecule has 0 aliphatic carbocycles. The Labute approximate surface area is 97.4 Å². The fourth-order valence-electron chi connectivity index (χ4n) is 0.988. The first-order chi connectivity index (χ1) is 8.06. The van der Waals surface area contributed by atoms with Crippen molar-refractivity contribution in [2.75, 3.05) is 29.5 Å². The number of nitrogens with one attached hydrogen (secondary N) is 1. The summed E-state index contributed by atoms with van der Waals surface area (Å²) >= 11 is 0. The van der Waals surface area contributed by atoms with Gasteiger partial charge in [0.25, 0.3) is 0 Å². The molecule has 10 N–H and O–H groups in total. The van der Waals surface area contributed by atoms with Crippen LogP contribution in [0.5, 0.6) is 0 Å². The van der Waals surface area contributed by atoms with Gasteiger partial charge in [0.2, 0.25) is 0 Å². The van der Waals surface area contributed by atoms with E-state index in [0.29, 0.717) is 29.6 Å². The summed E-state index contributed by atoms with van der Waals surface area (Å²) in [6, 6.07) is 0. The average molecular weight is 240 g/mol. The molecule has 2 rings (SSSR count). The quantitative estimate of drug-likeness (QED) is 0.375. The number of aliphatic hydroxyl groups excluding tert-OH is 1. The van der Waals surface area contributed by atoms with E-state index < -0.39 is 0 Å². The van der Waals surface area contributed by atoms with Crippen molar-refractivity contribution in [3.63, 3.8) is 0 Å². The monoisotopic (exact) mass is 240 g/mol. The standard InChI is InChI=1S/C5H10N4O.C3H6N4/c6-4-3-8-9(1-2-10)5(4)7;4-2-1-6-7-3(2)5/h3,10H,1-2,6-7H2;1H,4H2,(H3,5,6,7). The minimum absolute atomic E-state index is 0.0192. The van der Waals surface area contributed by atoms with E-state index in [4.69, 9.17) is 28.0 Å². The largest absolute Gasteiger partial charge is 0.394 e. The van der Waals surface area contributed by atoms with Crippen LogP contribution in [0.1, 0.15) is 0 Å². The average Bonchev–Trinajstić information content (AvgIpc) is 2.81. The molecule has 0 bridgehead atoms. The maximum Gasteiger partial charge on any atom is 0.145 e. The molecule has 0 amide bonds. The summed E-state index contributed by atoms with van der Waals surface area (Å²) in [6.07, 6.45) is 2.93. The van der Waals surface area contributed by atoms with Gasteiger partial charge in [-0.25, -0.2) is 4.68 Å². The topological polar surface area (TPSA) is 171 Å². The number of nitrogens with two attached hydrogens (primary N) is 4. The predicted molar refractivity (Wildman–Crippen MR) is 65.6 cm³/mol. The van der Waals surface area contributed by atoms with E-state index in [2.05, 4.69) is 15.3 Å². The van der Waals surface area contributed by atoms with Crippen LogP contribution in [0, 0.1) is 0 Å². The molecule has 0 fully saturated rings. The van der Waals surface area contributed by atoms with Crippen molar-refractivity contribution < 1.29 is 5.11 Å². The SMILES string of the molecule is Nc1cn[nH]c1N.Nc1cnn(CCO)c1N. The molecule has 2 heterocycles. The van der Waals surface area contributed by atoms with Gasteiger partial charge in [-0.2, -0.15) is 10.2 Å². The first kappa shape index (κ1) is 12.6. The van der Waals surface area contributed by atoms with Crippen LogP contribution in [-0.4, -0.2) is 31.7 Å². The van der Waals surface area contributed by atoms with Crippen LogP contribution in [-0.2, 0) is 6.54 Å². The number of aromatic amines is 1. The van der Waals surface area contributed by atoms with Crippen LogP contribution in [0.3, 0.4) is 0 Å². The van der Waals surface area contributed by atoms with E-state index in [1.54, 1.807) is 0 Å². The molecule has 17 heavy (non-hydrogen) atoms. The van der Waals surface area contributed by atoms with Gasteiger partial charge in [0.15, 0.2) is 0 Å². The fourth-order valence-corrected chi connectivity index (χ4v) is 0.988. The number of anilines is 4. The second-order valence-corrected chi connectivity index (χ2v) is 3.17. The smallest absolute Gasteiger partial charge is 0.145 e. The zero-order chi connectivity index (χ0) is 12.8. The van der Waals surface area contributed by atoms with Gasteiger partial charge in [0.1, 0.15) is 11.6 Å². The molecule has 0 aliphatic heterocycles. The van der Waals surface area contributed by atoms with Gasteiger partial charge in [-0.05, 0) is 0 Å². The summed E-state index contributed by atoms with van der Waals surface area (Å²) < 4.78 is 1.45. The summed E-state index contributed by atoms with van der Waals surface area (Å²) in [5, 5.41) is 18.3. The molecule has 0 aromatic carbocycles. The first-order valence-corrected chi connectivity index (χ1v) is 4.78. The van der Waals surface area contributed by atoms with E-state index in [1.165, 1.54) is 17.1 Å². The lowest BCUT2D eigenvalue weighted by Gasteiger charge is -1.99. The van der Waals surface area contributed by atoms with Crippen LogP contribution in [0.2, 0.25) is 0 Å². The molecule has 2 aromatic rings. The lowest BCUT2D eigenvalue weighted by Crippen LogP contribution is -2.07. The van der Waals surface area contributed by atoms with Crippen molar-refractivity contribution in [2.24, 2.45) is 0 Å². The van der Waals surface area contributed by atoms with Crippen molar-refractivity contribution >= 4 is 23.0 Å². The Balaban J connectivity index is 0.000000181. The maximum absolute atomic E-state index is 8.50. The van der Waals surface area contributed by atoms with Gasteiger partial charge in [-0.15, -0.1) is 0 Å². The van der Waals surface area contributed by atoms with E-state index >= 15 is 0 Å². The second-order valence-electron chi connectivity index (χ2n) is 3.17. The third-order valence-electron chi connectivity index (χ3n) is 1.92. The van der Waals surface area contributed by atoms with Crippen LogP contribution in [0.25, 0.3) is 0 Å². The van der Waals surface area contributed by atoms with E-state index in [9.17, 15) is 0 Å². The lowest BCUT2D eigenvalue weighted by molar-refractivity contribution is 0.270. The molecule has 9 nitrogen and oxygen atoms in total. The number of aromatic nitrogens is 4. The van der Waals surface area contributed by atoms with Crippen molar-refractivity contribution in [1.29, 1.82) is 0 Å². The van der Waals surface area contributed by atoms with Gasteiger partial charge in [-0.3, -0.25) is 5.10 Å². The molecule has 94 valence electrons. The molecule has 2 aromatic heterocycles. The van der Waals surface area contributed by atoms with Crippen LogP contribution in [0.4, 0.5) is 23.0 Å². The Bertz CT molecular complexity index is 445. The number of hydrogen-bond acceptors (Lipinski definition) is 7. The van der Waals surface area contributed by atoms with Gasteiger partial charge >= 0.3 is 0 Å². The molecular weight excluding hydrogens is 224 g/mol. The minimum atomic E-state index is 0.0192. The number of rotatable bonds is 2. The molecule has 0 radical (unpaired) electrons. The van der Waals surface area contributed by atoms with Crippen molar-refractivity contribution in [3.05, 3.63) is 12.4 Å². The Hall–Kier alpha value is -2.42. The van der Waals surface area contributed by atoms with E-state index in [1.807, 2.05) is 0 Å². The van der Waals surface area contributed by atoms with Gasteiger partial charge in [0.05, 0.1) is 36.9 Å². The third-order valence-corrected chi connectivity index (χ3v) is 1.92. The van der Waals surface area contributed by atoms with E-state index in [0.717, 1.165) is 0 Å². The third kappa shape index (κ3) is 3.28. The Kier molecular flexibility index (Phi) is 4.17. The Morgan fingerprint density at radius 1 is 1.18 bits per heavy atom. The maximum atomic E-state index is 8.50. The number of nitrogens with zero attached hydrogens (tertiary/aromatic N) is 3. The number of nitrogen functional groups attached to an aromatic ring is 4. The highest BCUT2D eigenvalue weighted by molar-refractivity contribution is 5.57. The van der Waals surface area contributed by atoms with Gasteiger partial charge < -0.3 is 28.0 Å². The lowest BCUT2D eigenvalue weighted by atomic mass is 10.5. The highest BCUT2D eigenvalue weighted by atomic mass is 16.3. The Morgan fingerprint density at radius 2 is 1.88 bits per heavy atom. The van der Waals surface area contributed by atoms with Crippen molar-refractivity contribution in [3.8, 4) is 0 Å². The van der Waals surface area contributed by atoms with Crippen molar-refractivity contribution in [2.45, 2.75) is 6.54 Å².